The highest BCUT2D eigenvalue weighted by Crippen LogP contribution is 2.15. The van der Waals surface area contributed by atoms with Crippen LogP contribution in [-0.4, -0.2) is 26.0 Å². The molecule has 0 aliphatic heterocycles. The third kappa shape index (κ3) is 5.29. The smallest absolute Gasteiger partial charge is 0.257 e. The van der Waals surface area contributed by atoms with Crippen LogP contribution in [0.1, 0.15) is 25.1 Å². The second kappa shape index (κ2) is 8.12. The minimum Gasteiger partial charge on any atom is -0.378 e. The summed E-state index contributed by atoms with van der Waals surface area (Å²) in [7, 11) is 0. The number of alkyl halides is 2. The maximum atomic E-state index is 12.3. The largest absolute Gasteiger partial charge is 0.378 e. The van der Waals surface area contributed by atoms with Gasteiger partial charge in [-0.25, -0.2) is 8.78 Å². The fourth-order valence-corrected chi connectivity index (χ4v) is 2.10. The number of aromatic nitrogens is 4. The van der Waals surface area contributed by atoms with E-state index in [9.17, 15) is 8.78 Å². The molecule has 5 nitrogen and oxygen atoms in total. The number of aryl methyl sites for hydroxylation is 1. The van der Waals surface area contributed by atoms with Crippen LogP contribution in [0.4, 0.5) is 14.5 Å². The van der Waals surface area contributed by atoms with E-state index in [4.69, 9.17) is 0 Å². The van der Waals surface area contributed by atoms with Gasteiger partial charge in [-0.1, -0.05) is 13.8 Å². The molecule has 0 fully saturated rings. The molecule has 0 aliphatic rings. The SMILES string of the molecule is Cc1nn(CC(C)C)cc1NCc1cnn(CC(F)F)c1.Cl. The second-order valence-corrected chi connectivity index (χ2v) is 5.56. The Hall–Kier alpha value is -1.63. The molecule has 0 spiro atoms. The first-order chi connectivity index (χ1) is 9.94. The van der Waals surface area contributed by atoms with Crippen molar-refractivity contribution < 1.29 is 8.78 Å². The van der Waals surface area contributed by atoms with Crippen molar-refractivity contribution in [1.29, 1.82) is 0 Å². The zero-order valence-corrected chi connectivity index (χ0v) is 13.8. The van der Waals surface area contributed by atoms with E-state index in [1.54, 1.807) is 12.4 Å². The van der Waals surface area contributed by atoms with E-state index in [0.29, 0.717) is 12.5 Å². The van der Waals surface area contributed by atoms with E-state index >= 15 is 0 Å². The molecule has 0 amide bonds. The predicted octanol–water partition coefficient (Wildman–Crippen LogP) is 3.34. The van der Waals surface area contributed by atoms with Crippen molar-refractivity contribution in [3.63, 3.8) is 0 Å². The van der Waals surface area contributed by atoms with Crippen LogP contribution in [0.5, 0.6) is 0 Å². The number of halogens is 3. The summed E-state index contributed by atoms with van der Waals surface area (Å²) in [5.41, 5.74) is 2.75. The lowest BCUT2D eigenvalue weighted by Crippen LogP contribution is -2.06. The van der Waals surface area contributed by atoms with Crippen LogP contribution < -0.4 is 5.32 Å². The van der Waals surface area contributed by atoms with Crippen LogP contribution in [0.3, 0.4) is 0 Å². The molecular formula is C14H22ClF2N5. The number of rotatable bonds is 7. The molecule has 2 aromatic rings. The van der Waals surface area contributed by atoms with Gasteiger partial charge in [-0.2, -0.15) is 10.2 Å². The Morgan fingerprint density at radius 3 is 2.55 bits per heavy atom. The third-order valence-corrected chi connectivity index (χ3v) is 2.99. The molecule has 22 heavy (non-hydrogen) atoms. The van der Waals surface area contributed by atoms with E-state index in [1.165, 1.54) is 4.68 Å². The summed E-state index contributed by atoms with van der Waals surface area (Å²) in [5.74, 6) is 0.532. The Kier molecular flexibility index (Phi) is 6.80. The van der Waals surface area contributed by atoms with Crippen LogP contribution in [0.25, 0.3) is 0 Å². The molecular weight excluding hydrogens is 312 g/mol. The molecule has 124 valence electrons. The maximum absolute atomic E-state index is 12.3. The van der Waals surface area contributed by atoms with E-state index < -0.39 is 6.43 Å². The zero-order chi connectivity index (χ0) is 15.4. The Bertz CT molecular complexity index is 580. The molecule has 8 heteroatoms. The van der Waals surface area contributed by atoms with E-state index in [0.717, 1.165) is 23.5 Å². The van der Waals surface area contributed by atoms with Gasteiger partial charge in [-0.05, 0) is 12.8 Å². The van der Waals surface area contributed by atoms with Crippen molar-refractivity contribution in [3.8, 4) is 0 Å². The maximum Gasteiger partial charge on any atom is 0.257 e. The predicted molar refractivity (Wildman–Crippen MR) is 84.6 cm³/mol. The van der Waals surface area contributed by atoms with Gasteiger partial charge >= 0.3 is 0 Å². The van der Waals surface area contributed by atoms with E-state index in [1.807, 2.05) is 17.8 Å². The molecule has 1 N–H and O–H groups in total. The Balaban J connectivity index is 0.00000242. The molecule has 0 radical (unpaired) electrons. The molecule has 2 heterocycles. The molecule has 0 bridgehead atoms. The van der Waals surface area contributed by atoms with Crippen molar-refractivity contribution >= 4 is 18.1 Å². The summed E-state index contributed by atoms with van der Waals surface area (Å²) < 4.78 is 27.7. The molecule has 0 aromatic carbocycles. The summed E-state index contributed by atoms with van der Waals surface area (Å²) in [6, 6.07) is 0. The highest BCUT2D eigenvalue weighted by Gasteiger charge is 2.08. The lowest BCUT2D eigenvalue weighted by molar-refractivity contribution is 0.122. The Labute approximate surface area is 135 Å². The quantitative estimate of drug-likeness (QED) is 0.845. The van der Waals surface area contributed by atoms with Crippen LogP contribution in [0.15, 0.2) is 18.6 Å². The van der Waals surface area contributed by atoms with Gasteiger partial charge in [-0.15, -0.1) is 12.4 Å². The summed E-state index contributed by atoms with van der Waals surface area (Å²) >= 11 is 0. The fraction of sp³-hybridized carbons (Fsp3) is 0.571. The van der Waals surface area contributed by atoms with Crippen molar-refractivity contribution in [3.05, 3.63) is 29.8 Å². The van der Waals surface area contributed by atoms with Gasteiger partial charge in [0.05, 0.1) is 17.6 Å². The summed E-state index contributed by atoms with van der Waals surface area (Å²) in [5, 5.41) is 11.6. The topological polar surface area (TPSA) is 47.7 Å². The first-order valence-corrected chi connectivity index (χ1v) is 7.01. The first kappa shape index (κ1) is 18.4. The van der Waals surface area contributed by atoms with Gasteiger partial charge < -0.3 is 5.32 Å². The molecule has 0 saturated heterocycles. The average Bonchev–Trinajstić information content (AvgIpc) is 2.92. The van der Waals surface area contributed by atoms with Crippen LogP contribution in [0, 0.1) is 12.8 Å². The number of nitrogens with one attached hydrogen (secondary N) is 1. The lowest BCUT2D eigenvalue weighted by Gasteiger charge is -2.04. The highest BCUT2D eigenvalue weighted by atomic mass is 35.5. The van der Waals surface area contributed by atoms with Gasteiger partial charge in [0.15, 0.2) is 0 Å². The average molecular weight is 334 g/mol. The Morgan fingerprint density at radius 1 is 1.18 bits per heavy atom. The zero-order valence-electron chi connectivity index (χ0n) is 13.0. The molecule has 0 saturated carbocycles. The fourth-order valence-electron chi connectivity index (χ4n) is 2.10. The summed E-state index contributed by atoms with van der Waals surface area (Å²) in [4.78, 5) is 0. The minimum atomic E-state index is -2.39. The molecule has 0 aliphatic carbocycles. The molecule has 0 unspecified atom stereocenters. The number of nitrogens with zero attached hydrogens (tertiary/aromatic N) is 4. The molecule has 2 aromatic heterocycles. The van der Waals surface area contributed by atoms with Gasteiger partial charge in [-0.3, -0.25) is 9.36 Å². The Morgan fingerprint density at radius 2 is 1.91 bits per heavy atom. The van der Waals surface area contributed by atoms with E-state index in [2.05, 4.69) is 29.4 Å². The highest BCUT2D eigenvalue weighted by molar-refractivity contribution is 5.85. The minimum absolute atomic E-state index is 0. The van der Waals surface area contributed by atoms with Gasteiger partial charge in [0, 0.05) is 31.0 Å². The van der Waals surface area contributed by atoms with Crippen LogP contribution >= 0.6 is 12.4 Å². The number of hydrogen-bond donors (Lipinski definition) is 1. The van der Waals surface area contributed by atoms with Crippen molar-refractivity contribution in [2.45, 2.75) is 46.8 Å². The van der Waals surface area contributed by atoms with Crippen molar-refractivity contribution in [1.82, 2.24) is 19.6 Å². The number of hydrogen-bond acceptors (Lipinski definition) is 3. The number of anilines is 1. The lowest BCUT2D eigenvalue weighted by atomic mass is 10.2. The van der Waals surface area contributed by atoms with Gasteiger partial charge in [0.2, 0.25) is 0 Å². The summed E-state index contributed by atoms with van der Waals surface area (Å²) in [6.45, 7) is 7.26. The van der Waals surface area contributed by atoms with Gasteiger partial charge in [0.1, 0.15) is 6.54 Å². The first-order valence-electron chi connectivity index (χ1n) is 7.01. The second-order valence-electron chi connectivity index (χ2n) is 5.56. The standard InChI is InChI=1S/C14H21F2N5.ClH/c1-10(2)6-21-8-13(11(3)19-21)17-4-12-5-18-20(7-12)9-14(15)16;/h5,7-8,10,14,17H,4,6,9H2,1-3H3;1H. The van der Waals surface area contributed by atoms with Crippen molar-refractivity contribution in [2.75, 3.05) is 5.32 Å². The monoisotopic (exact) mass is 333 g/mol. The summed E-state index contributed by atoms with van der Waals surface area (Å²) in [6.07, 6.45) is 2.82. The normalized spacial score (nSPS) is 11.0. The van der Waals surface area contributed by atoms with E-state index in [-0.39, 0.29) is 19.0 Å². The van der Waals surface area contributed by atoms with Crippen LogP contribution in [-0.2, 0) is 19.6 Å². The van der Waals surface area contributed by atoms with Crippen LogP contribution in [0.2, 0.25) is 0 Å². The third-order valence-electron chi connectivity index (χ3n) is 2.99. The van der Waals surface area contributed by atoms with Gasteiger partial charge in [0.25, 0.3) is 6.43 Å². The molecule has 2 rings (SSSR count). The molecule has 0 atom stereocenters. The van der Waals surface area contributed by atoms with Crippen molar-refractivity contribution in [2.24, 2.45) is 5.92 Å².